The minimum Gasteiger partial charge on any atom is -0.457 e. The van der Waals surface area contributed by atoms with Crippen LogP contribution >= 0.6 is 11.6 Å². The first-order valence-corrected chi connectivity index (χ1v) is 7.37. The van der Waals surface area contributed by atoms with E-state index in [0.29, 0.717) is 12.1 Å². The first-order chi connectivity index (χ1) is 12.0. The summed E-state index contributed by atoms with van der Waals surface area (Å²) in [5, 5.41) is 9.41. The molecular formula is C16H8ClF7O2. The first kappa shape index (κ1) is 18.8. The first-order valence-electron chi connectivity index (χ1n) is 7.00. The van der Waals surface area contributed by atoms with Gasteiger partial charge in [0, 0.05) is 22.2 Å². The molecule has 26 heavy (non-hydrogen) atoms. The molecule has 1 aliphatic rings. The van der Waals surface area contributed by atoms with Crippen molar-refractivity contribution < 1.29 is 40.6 Å². The van der Waals surface area contributed by atoms with Gasteiger partial charge in [-0.05, 0) is 24.3 Å². The molecule has 3 rings (SSSR count). The molecule has 1 aliphatic carbocycles. The van der Waals surface area contributed by atoms with E-state index in [-0.39, 0.29) is 10.8 Å². The van der Waals surface area contributed by atoms with Gasteiger partial charge in [-0.15, -0.1) is 0 Å². The minimum absolute atomic E-state index is 0.141. The second-order valence-electron chi connectivity index (χ2n) is 5.55. The van der Waals surface area contributed by atoms with Gasteiger partial charge >= 0.3 is 11.8 Å². The summed E-state index contributed by atoms with van der Waals surface area (Å²) in [7, 11) is 0. The van der Waals surface area contributed by atoms with Crippen molar-refractivity contribution in [2.75, 3.05) is 0 Å². The zero-order chi connectivity index (χ0) is 19.4. The Morgan fingerprint density at radius 3 is 2.31 bits per heavy atom. The highest BCUT2D eigenvalue weighted by molar-refractivity contribution is 6.30. The number of hydrogen-bond acceptors (Lipinski definition) is 2. The average Bonchev–Trinajstić information content (AvgIpc) is 2.64. The molecule has 0 amide bonds. The molecule has 0 saturated heterocycles. The summed E-state index contributed by atoms with van der Waals surface area (Å²) in [6, 6.07) is 3.81. The molecule has 0 aromatic heterocycles. The highest BCUT2D eigenvalue weighted by atomic mass is 35.5. The molecular weight excluding hydrogens is 393 g/mol. The minimum atomic E-state index is -4.97. The summed E-state index contributed by atoms with van der Waals surface area (Å²) in [6.07, 6.45) is -6.68. The van der Waals surface area contributed by atoms with Crippen molar-refractivity contribution in [3.63, 3.8) is 0 Å². The summed E-state index contributed by atoms with van der Waals surface area (Å²) in [4.78, 5) is 0. The van der Waals surface area contributed by atoms with E-state index in [1.807, 2.05) is 0 Å². The standard InChI is InChI=1S/C16H8ClF7O2/c17-6-3-7(18)5-8(4-6)26-10-2-1-9-11(12(10)14(19)20)13(25)16(23,24)15(9,21)22/h1-5,13-14,25H. The van der Waals surface area contributed by atoms with E-state index < -0.39 is 52.6 Å². The molecule has 140 valence electrons. The molecule has 0 radical (unpaired) electrons. The maximum absolute atomic E-state index is 13.8. The van der Waals surface area contributed by atoms with E-state index >= 15 is 0 Å². The van der Waals surface area contributed by atoms with Crippen LogP contribution in [0.2, 0.25) is 5.02 Å². The highest BCUT2D eigenvalue weighted by Gasteiger charge is 2.69. The lowest BCUT2D eigenvalue weighted by atomic mass is 10.0. The number of rotatable bonds is 3. The Labute approximate surface area is 146 Å². The van der Waals surface area contributed by atoms with Crippen molar-refractivity contribution in [1.29, 1.82) is 0 Å². The van der Waals surface area contributed by atoms with Gasteiger partial charge in [0.25, 0.3) is 6.43 Å². The number of benzene rings is 2. The summed E-state index contributed by atoms with van der Waals surface area (Å²) in [6.45, 7) is 0. The van der Waals surface area contributed by atoms with Crippen molar-refractivity contribution in [2.45, 2.75) is 24.4 Å². The van der Waals surface area contributed by atoms with Gasteiger partial charge in [-0.25, -0.2) is 13.2 Å². The smallest absolute Gasteiger partial charge is 0.343 e. The Morgan fingerprint density at radius 2 is 1.73 bits per heavy atom. The van der Waals surface area contributed by atoms with Crippen molar-refractivity contribution in [2.24, 2.45) is 0 Å². The fraction of sp³-hybridized carbons (Fsp3) is 0.250. The zero-order valence-corrected chi connectivity index (χ0v) is 13.2. The van der Waals surface area contributed by atoms with Crippen LogP contribution in [0.3, 0.4) is 0 Å². The van der Waals surface area contributed by atoms with E-state index in [1.54, 1.807) is 0 Å². The second-order valence-corrected chi connectivity index (χ2v) is 5.98. The number of halogens is 8. The van der Waals surface area contributed by atoms with Gasteiger partial charge in [-0.3, -0.25) is 0 Å². The van der Waals surface area contributed by atoms with E-state index in [2.05, 4.69) is 0 Å². The molecule has 2 aromatic carbocycles. The third kappa shape index (κ3) is 2.69. The SMILES string of the molecule is OC1c2c(ccc(Oc3cc(F)cc(Cl)c3)c2C(F)F)C(F)(F)C1(F)F. The average molecular weight is 401 g/mol. The molecule has 0 bridgehead atoms. The molecule has 1 N–H and O–H groups in total. The van der Waals surface area contributed by atoms with Crippen molar-refractivity contribution >= 4 is 11.6 Å². The third-order valence-corrected chi connectivity index (χ3v) is 4.12. The Kier molecular flexibility index (Phi) is 4.35. The number of hydrogen-bond donors (Lipinski definition) is 1. The van der Waals surface area contributed by atoms with Crippen LogP contribution in [0, 0.1) is 5.82 Å². The molecule has 1 atom stereocenters. The van der Waals surface area contributed by atoms with Crippen LogP contribution in [-0.2, 0) is 5.92 Å². The van der Waals surface area contributed by atoms with Gasteiger partial charge in [-0.2, -0.15) is 17.6 Å². The van der Waals surface area contributed by atoms with Crippen LogP contribution in [0.4, 0.5) is 30.7 Å². The van der Waals surface area contributed by atoms with Gasteiger partial charge in [0.15, 0.2) is 6.10 Å². The number of aliphatic hydroxyl groups excluding tert-OH is 1. The molecule has 2 aromatic rings. The second kappa shape index (κ2) is 6.02. The number of fused-ring (bicyclic) bond motifs is 1. The quantitative estimate of drug-likeness (QED) is 0.642. The lowest BCUT2D eigenvalue weighted by Crippen LogP contribution is -2.36. The van der Waals surface area contributed by atoms with Crippen LogP contribution in [0.5, 0.6) is 11.5 Å². The summed E-state index contributed by atoms with van der Waals surface area (Å²) >= 11 is 5.60. The lowest BCUT2D eigenvalue weighted by molar-refractivity contribution is -0.246. The third-order valence-electron chi connectivity index (χ3n) is 3.90. The maximum Gasteiger partial charge on any atom is 0.343 e. The van der Waals surface area contributed by atoms with Gasteiger partial charge in [0.1, 0.15) is 17.3 Å². The molecule has 0 spiro atoms. The van der Waals surface area contributed by atoms with Crippen molar-refractivity contribution in [3.8, 4) is 11.5 Å². The van der Waals surface area contributed by atoms with Gasteiger partial charge in [0.2, 0.25) is 0 Å². The van der Waals surface area contributed by atoms with Crippen LogP contribution in [0.15, 0.2) is 30.3 Å². The van der Waals surface area contributed by atoms with Crippen LogP contribution in [0.1, 0.15) is 29.2 Å². The topological polar surface area (TPSA) is 29.5 Å². The molecule has 0 heterocycles. The zero-order valence-electron chi connectivity index (χ0n) is 12.4. The van der Waals surface area contributed by atoms with Gasteiger partial charge in [0.05, 0.1) is 5.56 Å². The van der Waals surface area contributed by atoms with Crippen molar-refractivity contribution in [3.05, 3.63) is 57.9 Å². The van der Waals surface area contributed by atoms with Crippen LogP contribution in [-0.4, -0.2) is 11.0 Å². The lowest BCUT2D eigenvalue weighted by Gasteiger charge is -2.21. The van der Waals surface area contributed by atoms with Crippen LogP contribution in [0.25, 0.3) is 0 Å². The van der Waals surface area contributed by atoms with E-state index in [1.165, 1.54) is 0 Å². The molecule has 1 unspecified atom stereocenters. The number of aliphatic hydroxyl groups is 1. The predicted molar refractivity (Wildman–Crippen MR) is 76.7 cm³/mol. The fourth-order valence-electron chi connectivity index (χ4n) is 2.75. The molecule has 0 fully saturated rings. The Balaban J connectivity index is 2.17. The Morgan fingerprint density at radius 1 is 1.08 bits per heavy atom. The normalized spacial score (nSPS) is 20.3. The largest absolute Gasteiger partial charge is 0.457 e. The molecule has 2 nitrogen and oxygen atoms in total. The maximum atomic E-state index is 13.8. The molecule has 0 aliphatic heterocycles. The van der Waals surface area contributed by atoms with Gasteiger partial charge in [-0.1, -0.05) is 11.6 Å². The highest BCUT2D eigenvalue weighted by Crippen LogP contribution is 2.60. The van der Waals surface area contributed by atoms with E-state index in [9.17, 15) is 35.8 Å². The van der Waals surface area contributed by atoms with Gasteiger partial charge < -0.3 is 9.84 Å². The summed E-state index contributed by atoms with van der Waals surface area (Å²) in [5.41, 5.74) is -4.06. The molecule has 0 saturated carbocycles. The summed E-state index contributed by atoms with van der Waals surface area (Å²) < 4.78 is 100. The Hall–Kier alpha value is -2.00. The molecule has 10 heteroatoms. The number of alkyl halides is 6. The number of ether oxygens (including phenoxy) is 1. The summed E-state index contributed by atoms with van der Waals surface area (Å²) in [5.74, 6) is -11.8. The van der Waals surface area contributed by atoms with Crippen molar-refractivity contribution in [1.82, 2.24) is 0 Å². The monoisotopic (exact) mass is 400 g/mol. The van der Waals surface area contributed by atoms with E-state index in [4.69, 9.17) is 16.3 Å². The predicted octanol–water partition coefficient (Wildman–Crippen LogP) is 5.98. The van der Waals surface area contributed by atoms with E-state index in [0.717, 1.165) is 18.2 Å². The van der Waals surface area contributed by atoms with Crippen LogP contribution < -0.4 is 4.74 Å². The fourth-order valence-corrected chi connectivity index (χ4v) is 2.96. The Bertz CT molecular complexity index is 850.